The van der Waals surface area contributed by atoms with E-state index in [9.17, 15) is 14.1 Å². The van der Waals surface area contributed by atoms with Crippen LogP contribution in [-0.4, -0.2) is 36.3 Å². The number of rotatable bonds is 3. The van der Waals surface area contributed by atoms with Crippen molar-refractivity contribution < 1.29 is 14.1 Å². The van der Waals surface area contributed by atoms with Gasteiger partial charge in [-0.05, 0) is 25.0 Å². The Hall–Kier alpha value is -1.69. The molecule has 0 spiro atoms. The molecule has 1 N–H and O–H groups in total. The number of aromatic nitrogens is 2. The number of benzene rings is 1. The number of carboxylic acids is 1. The average Bonchev–Trinajstić information content (AvgIpc) is 2.86. The van der Waals surface area contributed by atoms with Crippen LogP contribution in [0.4, 0.5) is 0 Å². The number of aromatic carboxylic acids is 1. The summed E-state index contributed by atoms with van der Waals surface area (Å²) in [7, 11) is -0.704. The molecular weight excluding hydrogens is 288 g/mol. The maximum absolute atomic E-state index is 11.5. The molecule has 1 aliphatic heterocycles. The van der Waals surface area contributed by atoms with Gasteiger partial charge in [0.05, 0.1) is 11.1 Å². The predicted octanol–water partition coefficient (Wildman–Crippen LogP) is 2.38. The van der Waals surface area contributed by atoms with Crippen molar-refractivity contribution in [2.24, 2.45) is 0 Å². The number of carbonyl (C=O) groups is 1. The van der Waals surface area contributed by atoms with Gasteiger partial charge in [0.15, 0.2) is 0 Å². The molecule has 3 rings (SSSR count). The van der Waals surface area contributed by atoms with E-state index in [4.69, 9.17) is 0 Å². The number of imidazole rings is 1. The second-order valence-electron chi connectivity index (χ2n) is 5.31. The van der Waals surface area contributed by atoms with Crippen molar-refractivity contribution >= 4 is 27.8 Å². The van der Waals surface area contributed by atoms with Gasteiger partial charge in [-0.15, -0.1) is 0 Å². The van der Waals surface area contributed by atoms with Crippen LogP contribution >= 0.6 is 0 Å². The van der Waals surface area contributed by atoms with E-state index in [1.807, 2.05) is 13.0 Å². The summed E-state index contributed by atoms with van der Waals surface area (Å²) >= 11 is 0. The van der Waals surface area contributed by atoms with Crippen LogP contribution in [0.15, 0.2) is 18.2 Å². The number of hydrogen-bond acceptors (Lipinski definition) is 3. The number of para-hydroxylation sites is 1. The van der Waals surface area contributed by atoms with Gasteiger partial charge in [0, 0.05) is 34.8 Å². The first-order valence-electron chi connectivity index (χ1n) is 7.20. The SMILES string of the molecule is CCc1nc2c(C(=O)O)cccc2n1C1CCS(=O)CC1. The van der Waals surface area contributed by atoms with Gasteiger partial charge < -0.3 is 9.67 Å². The number of aryl methyl sites for hydroxylation is 1. The molecule has 112 valence electrons. The first-order chi connectivity index (χ1) is 10.1. The molecule has 1 aromatic heterocycles. The van der Waals surface area contributed by atoms with E-state index in [0.717, 1.165) is 30.6 Å². The molecular formula is C15H18N2O3S. The molecule has 0 atom stereocenters. The Bertz CT molecular complexity index is 713. The van der Waals surface area contributed by atoms with Crippen molar-refractivity contribution in [3.63, 3.8) is 0 Å². The summed E-state index contributed by atoms with van der Waals surface area (Å²) in [5, 5.41) is 9.31. The number of nitrogens with zero attached hydrogens (tertiary/aromatic N) is 2. The second kappa shape index (κ2) is 5.60. The largest absolute Gasteiger partial charge is 0.478 e. The lowest BCUT2D eigenvalue weighted by Crippen LogP contribution is -2.22. The minimum atomic E-state index is -0.947. The zero-order valence-electron chi connectivity index (χ0n) is 11.9. The lowest BCUT2D eigenvalue weighted by atomic mass is 10.1. The fourth-order valence-corrected chi connectivity index (χ4v) is 4.31. The minimum absolute atomic E-state index is 0.250. The summed E-state index contributed by atoms with van der Waals surface area (Å²) in [6, 6.07) is 5.56. The van der Waals surface area contributed by atoms with Crippen molar-refractivity contribution in [1.82, 2.24) is 9.55 Å². The van der Waals surface area contributed by atoms with E-state index in [-0.39, 0.29) is 11.6 Å². The van der Waals surface area contributed by atoms with Gasteiger partial charge in [-0.3, -0.25) is 4.21 Å². The van der Waals surface area contributed by atoms with Gasteiger partial charge in [-0.1, -0.05) is 13.0 Å². The summed E-state index contributed by atoms with van der Waals surface area (Å²) in [6.45, 7) is 2.03. The van der Waals surface area contributed by atoms with Crippen molar-refractivity contribution in [2.75, 3.05) is 11.5 Å². The third-order valence-electron chi connectivity index (χ3n) is 4.06. The van der Waals surface area contributed by atoms with E-state index >= 15 is 0 Å². The lowest BCUT2D eigenvalue weighted by molar-refractivity contribution is 0.0699. The van der Waals surface area contributed by atoms with Crippen LogP contribution in [-0.2, 0) is 17.2 Å². The van der Waals surface area contributed by atoms with Crippen molar-refractivity contribution in [3.8, 4) is 0 Å². The lowest BCUT2D eigenvalue weighted by Gasteiger charge is -2.25. The molecule has 2 heterocycles. The van der Waals surface area contributed by atoms with Crippen LogP contribution < -0.4 is 0 Å². The first kappa shape index (κ1) is 14.3. The molecule has 1 aromatic carbocycles. The fraction of sp³-hybridized carbons (Fsp3) is 0.467. The predicted molar refractivity (Wildman–Crippen MR) is 82.2 cm³/mol. The Labute approximate surface area is 125 Å². The summed E-state index contributed by atoms with van der Waals surface area (Å²) in [4.78, 5) is 15.9. The molecule has 0 unspecified atom stereocenters. The van der Waals surface area contributed by atoms with Crippen LogP contribution in [0, 0.1) is 0 Å². The molecule has 2 aromatic rings. The second-order valence-corrected chi connectivity index (χ2v) is 7.01. The summed E-state index contributed by atoms with van der Waals surface area (Å²) in [5.74, 6) is 1.40. The van der Waals surface area contributed by atoms with E-state index < -0.39 is 16.8 Å². The molecule has 21 heavy (non-hydrogen) atoms. The van der Waals surface area contributed by atoms with Crippen LogP contribution in [0.3, 0.4) is 0 Å². The van der Waals surface area contributed by atoms with Gasteiger partial charge in [0.2, 0.25) is 0 Å². The van der Waals surface area contributed by atoms with Gasteiger partial charge >= 0.3 is 5.97 Å². The highest BCUT2D eigenvalue weighted by Crippen LogP contribution is 2.30. The summed E-state index contributed by atoms with van der Waals surface area (Å²) < 4.78 is 13.7. The minimum Gasteiger partial charge on any atom is -0.478 e. The number of fused-ring (bicyclic) bond motifs is 1. The van der Waals surface area contributed by atoms with E-state index in [2.05, 4.69) is 9.55 Å². The zero-order valence-corrected chi connectivity index (χ0v) is 12.7. The topological polar surface area (TPSA) is 72.2 Å². The molecule has 1 saturated heterocycles. The van der Waals surface area contributed by atoms with Gasteiger partial charge in [-0.2, -0.15) is 0 Å². The standard InChI is InChI=1S/C15H18N2O3S/c1-2-13-16-14-11(15(18)19)4-3-5-12(14)17(13)10-6-8-21(20)9-7-10/h3-5,10H,2,6-9H2,1H3,(H,18,19). The monoisotopic (exact) mass is 306 g/mol. The smallest absolute Gasteiger partial charge is 0.337 e. The highest BCUT2D eigenvalue weighted by atomic mass is 32.2. The highest BCUT2D eigenvalue weighted by Gasteiger charge is 2.24. The first-order valence-corrected chi connectivity index (χ1v) is 8.68. The Morgan fingerprint density at radius 1 is 1.43 bits per heavy atom. The molecule has 0 aliphatic carbocycles. The van der Waals surface area contributed by atoms with E-state index in [1.54, 1.807) is 12.1 Å². The maximum Gasteiger partial charge on any atom is 0.337 e. The molecule has 1 aliphatic rings. The maximum atomic E-state index is 11.5. The normalized spacial score (nSPS) is 22.5. The van der Waals surface area contributed by atoms with Crippen LogP contribution in [0.2, 0.25) is 0 Å². The van der Waals surface area contributed by atoms with Crippen LogP contribution in [0.5, 0.6) is 0 Å². The van der Waals surface area contributed by atoms with Crippen molar-refractivity contribution in [3.05, 3.63) is 29.6 Å². The average molecular weight is 306 g/mol. The zero-order chi connectivity index (χ0) is 15.0. The van der Waals surface area contributed by atoms with Gasteiger partial charge in [-0.25, -0.2) is 9.78 Å². The molecule has 1 fully saturated rings. The molecule has 0 bridgehead atoms. The Balaban J connectivity index is 2.15. The Kier molecular flexibility index (Phi) is 3.80. The number of hydrogen-bond donors (Lipinski definition) is 1. The van der Waals surface area contributed by atoms with E-state index in [0.29, 0.717) is 17.0 Å². The molecule has 0 saturated carbocycles. The van der Waals surface area contributed by atoms with Crippen LogP contribution in [0.25, 0.3) is 11.0 Å². The Morgan fingerprint density at radius 2 is 2.14 bits per heavy atom. The third-order valence-corrected chi connectivity index (χ3v) is 5.44. The molecule has 0 amide bonds. The van der Waals surface area contributed by atoms with E-state index in [1.165, 1.54) is 0 Å². The summed E-state index contributed by atoms with van der Waals surface area (Å²) in [6.07, 6.45) is 2.48. The quantitative estimate of drug-likeness (QED) is 0.945. The third kappa shape index (κ3) is 2.48. The van der Waals surface area contributed by atoms with Crippen molar-refractivity contribution in [2.45, 2.75) is 32.2 Å². The summed E-state index contributed by atoms with van der Waals surface area (Å²) in [5.41, 5.74) is 1.69. The van der Waals surface area contributed by atoms with Crippen molar-refractivity contribution in [1.29, 1.82) is 0 Å². The van der Waals surface area contributed by atoms with Gasteiger partial charge in [0.25, 0.3) is 0 Å². The highest BCUT2D eigenvalue weighted by molar-refractivity contribution is 7.85. The number of carboxylic acid groups (broad SMARTS) is 1. The van der Waals surface area contributed by atoms with Gasteiger partial charge in [0.1, 0.15) is 11.3 Å². The Morgan fingerprint density at radius 3 is 2.76 bits per heavy atom. The molecule has 0 radical (unpaired) electrons. The molecule has 5 nitrogen and oxygen atoms in total. The molecule has 6 heteroatoms. The fourth-order valence-electron chi connectivity index (χ4n) is 3.03. The van der Waals surface area contributed by atoms with Crippen LogP contribution in [0.1, 0.15) is 42.0 Å².